The van der Waals surface area contributed by atoms with Gasteiger partial charge in [-0.2, -0.15) is 13.2 Å². The monoisotopic (exact) mass is 760 g/mol. The number of anilines is 1. The van der Waals surface area contributed by atoms with Crippen LogP contribution in [0.25, 0.3) is 22.2 Å². The number of aliphatic carboxylic acids is 1. The predicted molar refractivity (Wildman–Crippen MR) is 196 cm³/mol. The standard InChI is InChI=1S/C41H40F4N4O6/c1-54-29-14-15-31-34(19-29)47-33(24-10-6-5-7-11-24)21-36(31)55-30-20-35-37(50)48-40(39(52)53)22-25(40)12-8-3-2-4-9-13-32(38(51)49(35)23-30)46-28-17-26(41(43,44)45)16-27(42)18-28/h5-8,10-12,14-19,21,25,30,32,35,46H,2-4,9,13,20,22-23H2,1H3,(H,48,50)(H,52,53)/t25-,30-,32+,35+,40-/m1/s1. The minimum absolute atomic E-state index is 0.0146. The average Bonchev–Trinajstić information content (AvgIpc) is 3.70. The number of aromatic nitrogens is 1. The molecule has 1 aliphatic carbocycles. The van der Waals surface area contributed by atoms with Crippen LogP contribution in [0.15, 0.2) is 84.9 Å². The number of benzene rings is 3. The second-order valence-electron chi connectivity index (χ2n) is 14.3. The molecule has 0 unspecified atom stereocenters. The number of allylic oxidation sites excluding steroid dienone is 1. The molecular formula is C41H40F4N4O6. The molecule has 7 rings (SSSR count). The van der Waals surface area contributed by atoms with Gasteiger partial charge in [0.1, 0.15) is 41.0 Å². The number of fused-ring (bicyclic) bond motifs is 3. The van der Waals surface area contributed by atoms with Crippen LogP contribution < -0.4 is 20.1 Å². The van der Waals surface area contributed by atoms with Crippen LogP contribution in [0.5, 0.6) is 11.5 Å². The van der Waals surface area contributed by atoms with Gasteiger partial charge in [0, 0.05) is 41.1 Å². The van der Waals surface area contributed by atoms with Crippen molar-refractivity contribution in [1.29, 1.82) is 0 Å². The van der Waals surface area contributed by atoms with E-state index in [2.05, 4.69) is 10.6 Å². The van der Waals surface area contributed by atoms with Crippen molar-refractivity contribution < 1.29 is 46.5 Å². The van der Waals surface area contributed by atoms with Crippen molar-refractivity contribution in [3.05, 3.63) is 96.3 Å². The predicted octanol–water partition coefficient (Wildman–Crippen LogP) is 7.38. The Morgan fingerprint density at radius 1 is 1.04 bits per heavy atom. The first-order valence-electron chi connectivity index (χ1n) is 18.2. The molecule has 2 amide bonds. The molecule has 3 aromatic carbocycles. The van der Waals surface area contributed by atoms with Crippen molar-refractivity contribution in [2.45, 2.75) is 74.8 Å². The van der Waals surface area contributed by atoms with Crippen molar-refractivity contribution in [3.63, 3.8) is 0 Å². The summed E-state index contributed by atoms with van der Waals surface area (Å²) >= 11 is 0. The van der Waals surface area contributed by atoms with Crippen LogP contribution in [0, 0.1) is 11.7 Å². The third-order valence-corrected chi connectivity index (χ3v) is 10.5. The molecule has 1 aromatic heterocycles. The zero-order valence-corrected chi connectivity index (χ0v) is 29.9. The molecule has 5 atom stereocenters. The number of ether oxygens (including phenoxy) is 2. The number of hydrogen-bond donors (Lipinski definition) is 3. The van der Waals surface area contributed by atoms with Gasteiger partial charge in [0.05, 0.1) is 30.4 Å². The van der Waals surface area contributed by atoms with E-state index in [0.717, 1.165) is 17.7 Å². The Morgan fingerprint density at radius 3 is 2.58 bits per heavy atom. The van der Waals surface area contributed by atoms with Gasteiger partial charge in [-0.25, -0.2) is 14.2 Å². The van der Waals surface area contributed by atoms with Gasteiger partial charge >= 0.3 is 12.1 Å². The van der Waals surface area contributed by atoms with Gasteiger partial charge in [0.2, 0.25) is 11.8 Å². The third-order valence-electron chi connectivity index (χ3n) is 10.5. The molecule has 0 bridgehead atoms. The summed E-state index contributed by atoms with van der Waals surface area (Å²) in [6.45, 7) is -0.101. The number of carbonyl (C=O) groups is 3. The zero-order chi connectivity index (χ0) is 38.9. The number of halogens is 4. The number of carbonyl (C=O) groups excluding carboxylic acids is 2. The summed E-state index contributed by atoms with van der Waals surface area (Å²) in [5, 5.41) is 16.4. The summed E-state index contributed by atoms with van der Waals surface area (Å²) in [5.74, 6) is -3.05. The quantitative estimate of drug-likeness (QED) is 0.132. The summed E-state index contributed by atoms with van der Waals surface area (Å²) in [6, 6.07) is 16.2. The van der Waals surface area contributed by atoms with Crippen molar-refractivity contribution >= 4 is 34.4 Å². The van der Waals surface area contributed by atoms with Crippen LogP contribution in [-0.4, -0.2) is 70.2 Å². The van der Waals surface area contributed by atoms with E-state index in [1.165, 1.54) is 4.90 Å². The van der Waals surface area contributed by atoms with E-state index < -0.39 is 65.0 Å². The van der Waals surface area contributed by atoms with E-state index >= 15 is 0 Å². The second-order valence-corrected chi connectivity index (χ2v) is 14.3. The molecule has 1 saturated carbocycles. The Labute approximate surface area is 314 Å². The molecule has 1 saturated heterocycles. The summed E-state index contributed by atoms with van der Waals surface area (Å²) in [7, 11) is 1.54. The molecule has 10 nitrogen and oxygen atoms in total. The first kappa shape index (κ1) is 37.6. The molecule has 3 N–H and O–H groups in total. The van der Waals surface area contributed by atoms with Gasteiger partial charge in [-0.15, -0.1) is 0 Å². The lowest BCUT2D eigenvalue weighted by molar-refractivity contribution is -0.145. The maximum absolute atomic E-state index is 14.6. The topological polar surface area (TPSA) is 130 Å². The van der Waals surface area contributed by atoms with Gasteiger partial charge in [-0.1, -0.05) is 55.3 Å². The van der Waals surface area contributed by atoms with Gasteiger partial charge in [0.25, 0.3) is 0 Å². The minimum Gasteiger partial charge on any atom is -0.497 e. The minimum atomic E-state index is -4.83. The lowest BCUT2D eigenvalue weighted by atomic mass is 10.0. The van der Waals surface area contributed by atoms with Crippen molar-refractivity contribution in [3.8, 4) is 22.8 Å². The van der Waals surface area contributed by atoms with Gasteiger partial charge in [-0.3, -0.25) is 9.59 Å². The van der Waals surface area contributed by atoms with E-state index in [-0.39, 0.29) is 31.5 Å². The molecule has 2 fully saturated rings. The number of carboxylic acids is 1. The van der Waals surface area contributed by atoms with E-state index in [4.69, 9.17) is 14.5 Å². The van der Waals surface area contributed by atoms with E-state index in [1.807, 2.05) is 36.4 Å². The van der Waals surface area contributed by atoms with Gasteiger partial charge < -0.3 is 30.1 Å². The number of methoxy groups -OCH3 is 1. The highest BCUT2D eigenvalue weighted by molar-refractivity contribution is 5.96. The van der Waals surface area contributed by atoms with Gasteiger partial charge in [0.15, 0.2) is 0 Å². The number of pyridine rings is 1. The molecule has 0 radical (unpaired) electrons. The van der Waals surface area contributed by atoms with E-state index in [1.54, 1.807) is 37.5 Å². The SMILES string of the molecule is COc1ccc2c(O[C@@H]3C[C@H]4C(=O)N[C@]5(C(=O)O)C[C@H]5C=CCCCCC[C@H](Nc5cc(F)cc(C(F)(F)F)c5)C(=O)N4C3)cc(-c3ccccc3)nc2c1. The van der Waals surface area contributed by atoms with Crippen LogP contribution in [0.1, 0.15) is 50.5 Å². The highest BCUT2D eigenvalue weighted by atomic mass is 19.4. The number of hydrogen-bond acceptors (Lipinski definition) is 7. The molecule has 55 heavy (non-hydrogen) atoms. The smallest absolute Gasteiger partial charge is 0.416 e. The third kappa shape index (κ3) is 8.08. The lowest BCUT2D eigenvalue weighted by Crippen LogP contribution is -2.55. The lowest BCUT2D eigenvalue weighted by Gasteiger charge is -2.30. The highest BCUT2D eigenvalue weighted by Crippen LogP contribution is 2.46. The Bertz CT molecular complexity index is 2130. The van der Waals surface area contributed by atoms with Crippen LogP contribution in [0.4, 0.5) is 23.2 Å². The maximum Gasteiger partial charge on any atom is 0.416 e. The molecular weight excluding hydrogens is 720 g/mol. The molecule has 4 aromatic rings. The molecule has 3 heterocycles. The molecule has 2 aliphatic heterocycles. The van der Waals surface area contributed by atoms with E-state index in [0.29, 0.717) is 59.8 Å². The fraction of sp³-hybridized carbons (Fsp3) is 0.366. The number of carboxylic acid groups (broad SMARTS) is 1. The Morgan fingerprint density at radius 2 is 1.84 bits per heavy atom. The number of nitrogens with one attached hydrogen (secondary N) is 2. The van der Waals surface area contributed by atoms with Crippen LogP contribution in [0.3, 0.4) is 0 Å². The largest absolute Gasteiger partial charge is 0.497 e. The fourth-order valence-corrected chi connectivity index (χ4v) is 7.52. The van der Waals surface area contributed by atoms with Crippen LogP contribution in [-0.2, 0) is 20.6 Å². The van der Waals surface area contributed by atoms with Crippen LogP contribution >= 0.6 is 0 Å². The molecule has 288 valence electrons. The molecule has 3 aliphatic rings. The first-order valence-corrected chi connectivity index (χ1v) is 18.2. The number of amides is 2. The summed E-state index contributed by atoms with van der Waals surface area (Å²) in [5.41, 5.74) is -0.999. The number of nitrogens with zero attached hydrogens (tertiary/aromatic N) is 2. The summed E-state index contributed by atoms with van der Waals surface area (Å²) in [4.78, 5) is 47.4. The van der Waals surface area contributed by atoms with Crippen molar-refractivity contribution in [2.75, 3.05) is 19.0 Å². The van der Waals surface area contributed by atoms with Gasteiger partial charge in [-0.05, 0) is 56.0 Å². The first-order chi connectivity index (χ1) is 26.3. The highest BCUT2D eigenvalue weighted by Gasteiger charge is 2.61. The summed E-state index contributed by atoms with van der Waals surface area (Å²) < 4.78 is 67.5. The fourth-order valence-electron chi connectivity index (χ4n) is 7.52. The maximum atomic E-state index is 14.6. The van der Waals surface area contributed by atoms with Crippen molar-refractivity contribution in [1.82, 2.24) is 15.2 Å². The second kappa shape index (κ2) is 15.2. The van der Waals surface area contributed by atoms with E-state index in [9.17, 15) is 37.1 Å². The number of alkyl halides is 3. The molecule has 0 spiro atoms. The Balaban J connectivity index is 1.25. The van der Waals surface area contributed by atoms with Crippen LogP contribution in [0.2, 0.25) is 0 Å². The zero-order valence-electron chi connectivity index (χ0n) is 29.9. The Hall–Kier alpha value is -5.66. The average molecular weight is 761 g/mol. The number of rotatable bonds is 7. The Kier molecular flexibility index (Phi) is 10.4. The normalized spacial score (nSPS) is 24.6. The van der Waals surface area contributed by atoms with Crippen molar-refractivity contribution in [2.24, 2.45) is 5.92 Å². The molecule has 14 heteroatoms. The summed E-state index contributed by atoms with van der Waals surface area (Å²) in [6.07, 6.45) is 0.962.